The van der Waals surface area contributed by atoms with E-state index in [1.807, 2.05) is 42.2 Å². The number of hydrogen-bond donors (Lipinski definition) is 2. The maximum absolute atomic E-state index is 5.40. The number of anilines is 1. The second-order valence-corrected chi connectivity index (χ2v) is 4.75. The van der Waals surface area contributed by atoms with Crippen molar-refractivity contribution in [1.29, 1.82) is 0 Å². The van der Waals surface area contributed by atoms with Crippen molar-refractivity contribution in [2.24, 2.45) is 5.84 Å². The monoisotopic (exact) mass is 280 g/mol. The number of aryl methyl sites for hydroxylation is 1. The molecule has 2 aromatic heterocycles. The van der Waals surface area contributed by atoms with E-state index in [1.165, 1.54) is 0 Å². The summed E-state index contributed by atoms with van der Waals surface area (Å²) in [6.45, 7) is 2.41. The Balaban J connectivity index is 1.83. The van der Waals surface area contributed by atoms with Crippen molar-refractivity contribution in [3.8, 4) is 11.1 Å². The average Bonchev–Trinajstić information content (AvgIpc) is 2.96. The number of rotatable bonds is 4. The Morgan fingerprint density at radius 2 is 1.95 bits per heavy atom. The molecule has 0 aliphatic rings. The smallest absolute Gasteiger partial charge is 0.152 e. The number of nitrogens with two attached hydrogens (primary N) is 1. The van der Waals surface area contributed by atoms with Crippen LogP contribution in [-0.4, -0.2) is 19.7 Å². The van der Waals surface area contributed by atoms with Gasteiger partial charge in [0.15, 0.2) is 5.82 Å². The van der Waals surface area contributed by atoms with Crippen LogP contribution < -0.4 is 11.3 Å². The van der Waals surface area contributed by atoms with Gasteiger partial charge in [-0.15, -0.1) is 0 Å². The van der Waals surface area contributed by atoms with Gasteiger partial charge in [-0.2, -0.15) is 5.10 Å². The standard InChI is InChI=1S/C15H16N6/c1-11-7-14(20-16)19-15(18-11)10-21-9-13(8-17-21)12-5-3-2-4-6-12/h2-9H,10,16H2,1H3,(H,18,19,20). The molecule has 0 fully saturated rings. The summed E-state index contributed by atoms with van der Waals surface area (Å²) in [7, 11) is 0. The average molecular weight is 280 g/mol. The maximum atomic E-state index is 5.40. The van der Waals surface area contributed by atoms with Crippen LogP contribution in [0.1, 0.15) is 11.5 Å². The summed E-state index contributed by atoms with van der Waals surface area (Å²) in [4.78, 5) is 8.71. The summed E-state index contributed by atoms with van der Waals surface area (Å²) >= 11 is 0. The molecule has 106 valence electrons. The molecule has 6 nitrogen and oxygen atoms in total. The fraction of sp³-hybridized carbons (Fsp3) is 0.133. The van der Waals surface area contributed by atoms with Crippen LogP contribution >= 0.6 is 0 Å². The van der Waals surface area contributed by atoms with Gasteiger partial charge in [0.05, 0.1) is 6.20 Å². The van der Waals surface area contributed by atoms with Crippen molar-refractivity contribution < 1.29 is 0 Å². The zero-order valence-corrected chi connectivity index (χ0v) is 11.7. The topological polar surface area (TPSA) is 81.6 Å². The lowest BCUT2D eigenvalue weighted by Crippen LogP contribution is -2.12. The van der Waals surface area contributed by atoms with Gasteiger partial charge in [0.2, 0.25) is 0 Å². The summed E-state index contributed by atoms with van der Waals surface area (Å²) in [5.41, 5.74) is 5.62. The van der Waals surface area contributed by atoms with Gasteiger partial charge in [-0.3, -0.25) is 4.68 Å². The second kappa shape index (κ2) is 5.72. The minimum Gasteiger partial charge on any atom is -0.308 e. The van der Waals surface area contributed by atoms with Crippen molar-refractivity contribution in [3.05, 3.63) is 60.3 Å². The van der Waals surface area contributed by atoms with Gasteiger partial charge in [-0.05, 0) is 12.5 Å². The molecular formula is C15H16N6. The van der Waals surface area contributed by atoms with Crippen LogP contribution in [0.15, 0.2) is 48.8 Å². The summed E-state index contributed by atoms with van der Waals surface area (Å²) < 4.78 is 1.82. The van der Waals surface area contributed by atoms with Crippen molar-refractivity contribution in [3.63, 3.8) is 0 Å². The predicted octanol–water partition coefficient (Wildman–Crippen LogP) is 1.98. The van der Waals surface area contributed by atoms with E-state index >= 15 is 0 Å². The SMILES string of the molecule is Cc1cc(NN)nc(Cn2cc(-c3ccccc3)cn2)n1. The largest absolute Gasteiger partial charge is 0.308 e. The highest BCUT2D eigenvalue weighted by Crippen LogP contribution is 2.17. The lowest BCUT2D eigenvalue weighted by Gasteiger charge is -2.05. The molecule has 0 aliphatic carbocycles. The van der Waals surface area contributed by atoms with E-state index in [9.17, 15) is 0 Å². The third-order valence-electron chi connectivity index (χ3n) is 3.09. The van der Waals surface area contributed by atoms with Gasteiger partial charge in [-0.1, -0.05) is 30.3 Å². The molecule has 0 aliphatic heterocycles. The van der Waals surface area contributed by atoms with E-state index in [4.69, 9.17) is 5.84 Å². The van der Waals surface area contributed by atoms with E-state index in [2.05, 4.69) is 32.6 Å². The first-order chi connectivity index (χ1) is 10.2. The van der Waals surface area contributed by atoms with Crippen LogP contribution in [0.4, 0.5) is 5.82 Å². The van der Waals surface area contributed by atoms with Crippen molar-refractivity contribution in [2.45, 2.75) is 13.5 Å². The Morgan fingerprint density at radius 3 is 2.71 bits per heavy atom. The Hall–Kier alpha value is -2.73. The quantitative estimate of drug-likeness (QED) is 0.564. The van der Waals surface area contributed by atoms with Gasteiger partial charge in [-0.25, -0.2) is 15.8 Å². The van der Waals surface area contributed by atoms with Crippen LogP contribution in [0.3, 0.4) is 0 Å². The molecule has 1 aromatic carbocycles. The first-order valence-corrected chi connectivity index (χ1v) is 6.63. The first-order valence-electron chi connectivity index (χ1n) is 6.63. The molecule has 21 heavy (non-hydrogen) atoms. The lowest BCUT2D eigenvalue weighted by molar-refractivity contribution is 0.653. The van der Waals surface area contributed by atoms with Gasteiger partial charge in [0, 0.05) is 23.5 Å². The van der Waals surface area contributed by atoms with Gasteiger partial charge < -0.3 is 5.43 Å². The van der Waals surface area contributed by atoms with Crippen molar-refractivity contribution >= 4 is 5.82 Å². The number of aromatic nitrogens is 4. The molecule has 0 saturated heterocycles. The highest BCUT2D eigenvalue weighted by atomic mass is 15.3. The molecule has 0 radical (unpaired) electrons. The number of hydrazine groups is 1. The van der Waals surface area contributed by atoms with E-state index in [0.29, 0.717) is 18.2 Å². The maximum Gasteiger partial charge on any atom is 0.152 e. The minimum atomic E-state index is 0.503. The lowest BCUT2D eigenvalue weighted by atomic mass is 10.1. The fourth-order valence-electron chi connectivity index (χ4n) is 2.15. The van der Waals surface area contributed by atoms with E-state index in [-0.39, 0.29) is 0 Å². The number of nitrogen functional groups attached to an aromatic ring is 1. The van der Waals surface area contributed by atoms with E-state index in [0.717, 1.165) is 16.8 Å². The van der Waals surface area contributed by atoms with Gasteiger partial charge in [0.1, 0.15) is 12.4 Å². The Labute approximate surface area is 122 Å². The first kappa shape index (κ1) is 13.3. The zero-order valence-electron chi connectivity index (χ0n) is 11.7. The Morgan fingerprint density at radius 1 is 1.14 bits per heavy atom. The molecule has 2 heterocycles. The summed E-state index contributed by atoms with van der Waals surface area (Å²) in [5, 5.41) is 4.36. The predicted molar refractivity (Wildman–Crippen MR) is 81.3 cm³/mol. The Bertz CT molecular complexity index is 735. The fourth-order valence-corrected chi connectivity index (χ4v) is 2.15. The molecule has 0 bridgehead atoms. The number of hydrogen-bond acceptors (Lipinski definition) is 5. The highest BCUT2D eigenvalue weighted by molar-refractivity contribution is 5.61. The molecular weight excluding hydrogens is 264 g/mol. The van der Waals surface area contributed by atoms with Crippen LogP contribution in [0.2, 0.25) is 0 Å². The van der Waals surface area contributed by atoms with Crippen LogP contribution in [0, 0.1) is 6.92 Å². The van der Waals surface area contributed by atoms with Crippen molar-refractivity contribution in [2.75, 3.05) is 5.43 Å². The third kappa shape index (κ3) is 3.06. The third-order valence-corrected chi connectivity index (χ3v) is 3.09. The molecule has 0 saturated carbocycles. The number of benzene rings is 1. The minimum absolute atomic E-state index is 0.503. The zero-order chi connectivity index (χ0) is 14.7. The van der Waals surface area contributed by atoms with E-state index in [1.54, 1.807) is 6.07 Å². The molecule has 0 spiro atoms. The van der Waals surface area contributed by atoms with E-state index < -0.39 is 0 Å². The number of nitrogens with one attached hydrogen (secondary N) is 1. The molecule has 3 aromatic rings. The van der Waals surface area contributed by atoms with Crippen LogP contribution in [0.5, 0.6) is 0 Å². The normalized spacial score (nSPS) is 10.6. The van der Waals surface area contributed by atoms with Gasteiger partial charge in [0.25, 0.3) is 0 Å². The van der Waals surface area contributed by atoms with Gasteiger partial charge >= 0.3 is 0 Å². The summed E-state index contributed by atoms with van der Waals surface area (Å²) in [5.74, 6) is 6.67. The summed E-state index contributed by atoms with van der Waals surface area (Å²) in [6.07, 6.45) is 3.82. The Kier molecular flexibility index (Phi) is 3.61. The number of nitrogens with zero attached hydrogens (tertiary/aromatic N) is 4. The molecule has 0 amide bonds. The molecule has 0 atom stereocenters. The molecule has 0 unspecified atom stereocenters. The molecule has 3 rings (SSSR count). The summed E-state index contributed by atoms with van der Waals surface area (Å²) in [6, 6.07) is 11.9. The highest BCUT2D eigenvalue weighted by Gasteiger charge is 2.05. The van der Waals surface area contributed by atoms with Crippen molar-refractivity contribution in [1.82, 2.24) is 19.7 Å². The molecule has 3 N–H and O–H groups in total. The second-order valence-electron chi connectivity index (χ2n) is 4.75. The van der Waals surface area contributed by atoms with Crippen LogP contribution in [0.25, 0.3) is 11.1 Å². The molecule has 6 heteroatoms. The van der Waals surface area contributed by atoms with Crippen LogP contribution in [-0.2, 0) is 6.54 Å².